The normalized spacial score (nSPS) is 13.8. The highest BCUT2D eigenvalue weighted by atomic mass is 16.7. The number of hydrogen-bond acceptors (Lipinski definition) is 4. The number of nitrogens with two attached hydrogens (primary N) is 1. The summed E-state index contributed by atoms with van der Waals surface area (Å²) in [6.45, 7) is 9.65. The summed E-state index contributed by atoms with van der Waals surface area (Å²) in [5.74, 6) is 0.241. The lowest BCUT2D eigenvalue weighted by Crippen LogP contribution is -2.39. The number of carbonyl (C=O) groups excluding carboxylic acids is 1. The number of rotatable bonds is 4. The van der Waals surface area contributed by atoms with E-state index in [0.717, 1.165) is 0 Å². The van der Waals surface area contributed by atoms with Crippen LogP contribution < -0.4 is 11.2 Å². The summed E-state index contributed by atoms with van der Waals surface area (Å²) in [5.41, 5.74) is 7.18. The smallest absolute Gasteiger partial charge is 0.431 e. The van der Waals surface area contributed by atoms with Crippen LogP contribution in [0.25, 0.3) is 0 Å². The fourth-order valence-corrected chi connectivity index (χ4v) is 0.879. The molecule has 1 amide bonds. The molecule has 0 spiro atoms. The van der Waals surface area contributed by atoms with Gasteiger partial charge < -0.3 is 10.5 Å². The second-order valence-electron chi connectivity index (χ2n) is 4.74. The molecule has 0 radical (unpaired) electrons. The maximum absolute atomic E-state index is 11.2. The minimum Gasteiger partial charge on any atom is -0.442 e. The number of carbonyl (C=O) groups is 1. The lowest BCUT2D eigenvalue weighted by atomic mass is 10.1. The van der Waals surface area contributed by atoms with Gasteiger partial charge in [0.25, 0.3) is 0 Å². The van der Waals surface area contributed by atoms with Crippen molar-refractivity contribution in [2.45, 2.75) is 46.3 Å². The highest BCUT2D eigenvalue weighted by Gasteiger charge is 2.18. The van der Waals surface area contributed by atoms with E-state index < -0.39 is 11.7 Å². The average Bonchev–Trinajstić information content (AvgIpc) is 2.01. The zero-order valence-corrected chi connectivity index (χ0v) is 10.2. The average molecular weight is 218 g/mol. The third-order valence-corrected chi connectivity index (χ3v) is 1.67. The van der Waals surface area contributed by atoms with Crippen LogP contribution in [0, 0.1) is 5.92 Å². The predicted octanol–water partition coefficient (Wildman–Crippen LogP) is 1.43. The first-order valence-corrected chi connectivity index (χ1v) is 5.11. The van der Waals surface area contributed by atoms with Crippen LogP contribution in [0.4, 0.5) is 4.79 Å². The van der Waals surface area contributed by atoms with E-state index in [-0.39, 0.29) is 12.0 Å². The van der Waals surface area contributed by atoms with Gasteiger partial charge in [0.15, 0.2) is 0 Å². The van der Waals surface area contributed by atoms with Gasteiger partial charge in [0, 0.05) is 6.54 Å². The Morgan fingerprint density at radius 2 is 1.93 bits per heavy atom. The molecule has 0 aliphatic rings. The Morgan fingerprint density at radius 3 is 2.27 bits per heavy atom. The van der Waals surface area contributed by atoms with Crippen LogP contribution in [0.2, 0.25) is 0 Å². The Bertz CT molecular complexity index is 199. The molecular weight excluding hydrogens is 196 g/mol. The highest BCUT2D eigenvalue weighted by molar-refractivity contribution is 5.66. The monoisotopic (exact) mass is 218 g/mol. The minimum atomic E-state index is -0.596. The molecular formula is C10H22N2O3. The van der Waals surface area contributed by atoms with Crippen LogP contribution in [-0.2, 0) is 9.57 Å². The van der Waals surface area contributed by atoms with E-state index in [9.17, 15) is 4.79 Å². The first-order valence-electron chi connectivity index (χ1n) is 5.11. The molecule has 5 nitrogen and oxygen atoms in total. The first kappa shape index (κ1) is 14.2. The molecule has 5 heteroatoms. The highest BCUT2D eigenvalue weighted by Crippen LogP contribution is 2.07. The summed E-state index contributed by atoms with van der Waals surface area (Å²) < 4.78 is 5.00. The summed E-state index contributed by atoms with van der Waals surface area (Å²) in [5, 5.41) is 0. The standard InChI is InChI=1S/C10H22N2O3/c1-7(2)8(6-11)15-12-9(13)14-10(3,4)5/h7-8H,6,11H2,1-5H3,(H,12,13). The van der Waals surface area contributed by atoms with Crippen molar-refractivity contribution in [2.75, 3.05) is 6.54 Å². The Hall–Kier alpha value is -0.810. The lowest BCUT2D eigenvalue weighted by Gasteiger charge is -2.22. The molecule has 0 fully saturated rings. The molecule has 0 saturated heterocycles. The largest absolute Gasteiger partial charge is 0.442 e. The van der Waals surface area contributed by atoms with Gasteiger partial charge in [-0.25, -0.2) is 4.79 Å². The molecule has 90 valence electrons. The van der Waals surface area contributed by atoms with E-state index in [0.29, 0.717) is 6.54 Å². The van der Waals surface area contributed by atoms with Crippen LogP contribution in [0.3, 0.4) is 0 Å². The zero-order chi connectivity index (χ0) is 12.1. The van der Waals surface area contributed by atoms with Gasteiger partial charge in [0.05, 0.1) is 0 Å². The molecule has 0 aromatic rings. The van der Waals surface area contributed by atoms with Gasteiger partial charge in [-0.15, -0.1) is 0 Å². The van der Waals surface area contributed by atoms with Crippen LogP contribution in [0.5, 0.6) is 0 Å². The summed E-state index contributed by atoms with van der Waals surface area (Å²) in [4.78, 5) is 16.3. The maximum Gasteiger partial charge on any atom is 0.431 e. The predicted molar refractivity (Wildman–Crippen MR) is 58.1 cm³/mol. The molecule has 15 heavy (non-hydrogen) atoms. The van der Waals surface area contributed by atoms with E-state index in [2.05, 4.69) is 5.48 Å². The molecule has 0 rings (SSSR count). The summed E-state index contributed by atoms with van der Waals surface area (Å²) >= 11 is 0. The second-order valence-corrected chi connectivity index (χ2v) is 4.74. The zero-order valence-electron chi connectivity index (χ0n) is 10.2. The molecule has 0 heterocycles. The topological polar surface area (TPSA) is 73.6 Å². The van der Waals surface area contributed by atoms with E-state index in [1.165, 1.54) is 0 Å². The first-order chi connectivity index (χ1) is 6.76. The van der Waals surface area contributed by atoms with Gasteiger partial charge in [-0.05, 0) is 26.7 Å². The van der Waals surface area contributed by atoms with Crippen molar-refractivity contribution in [3.63, 3.8) is 0 Å². The molecule has 0 bridgehead atoms. The van der Waals surface area contributed by atoms with Crippen LogP contribution >= 0.6 is 0 Å². The maximum atomic E-state index is 11.2. The van der Waals surface area contributed by atoms with Gasteiger partial charge in [-0.2, -0.15) is 5.48 Å². The Morgan fingerprint density at radius 1 is 1.40 bits per heavy atom. The van der Waals surface area contributed by atoms with Crippen LogP contribution in [-0.4, -0.2) is 24.3 Å². The quantitative estimate of drug-likeness (QED) is 0.700. The molecule has 1 atom stereocenters. The molecule has 0 aliphatic carbocycles. The Kier molecular flexibility index (Phi) is 5.60. The van der Waals surface area contributed by atoms with Gasteiger partial charge >= 0.3 is 6.09 Å². The van der Waals surface area contributed by atoms with Crippen LogP contribution in [0.1, 0.15) is 34.6 Å². The van der Waals surface area contributed by atoms with Crippen molar-refractivity contribution < 1.29 is 14.4 Å². The third kappa shape index (κ3) is 7.16. The molecule has 0 saturated carbocycles. The van der Waals surface area contributed by atoms with Gasteiger partial charge in [0.1, 0.15) is 11.7 Å². The van der Waals surface area contributed by atoms with Crippen LogP contribution in [0.15, 0.2) is 0 Å². The van der Waals surface area contributed by atoms with E-state index in [1.807, 2.05) is 13.8 Å². The summed E-state index contributed by atoms with van der Waals surface area (Å²) in [7, 11) is 0. The van der Waals surface area contributed by atoms with Crippen molar-refractivity contribution in [2.24, 2.45) is 11.7 Å². The Labute approximate surface area is 91.3 Å². The van der Waals surface area contributed by atoms with Crippen molar-refractivity contribution in [1.29, 1.82) is 0 Å². The number of hydrogen-bond donors (Lipinski definition) is 2. The number of amides is 1. The van der Waals surface area contributed by atoms with Crippen molar-refractivity contribution >= 4 is 6.09 Å². The fraction of sp³-hybridized carbons (Fsp3) is 0.900. The van der Waals surface area contributed by atoms with Gasteiger partial charge in [-0.1, -0.05) is 13.8 Å². The van der Waals surface area contributed by atoms with E-state index in [4.69, 9.17) is 15.3 Å². The fourth-order valence-electron chi connectivity index (χ4n) is 0.879. The molecule has 0 aliphatic heterocycles. The Balaban J connectivity index is 3.89. The molecule has 3 N–H and O–H groups in total. The molecule has 0 aromatic heterocycles. The van der Waals surface area contributed by atoms with Gasteiger partial charge in [0.2, 0.25) is 0 Å². The minimum absolute atomic E-state index is 0.197. The van der Waals surface area contributed by atoms with E-state index in [1.54, 1.807) is 20.8 Å². The van der Waals surface area contributed by atoms with Crippen molar-refractivity contribution in [3.8, 4) is 0 Å². The summed E-state index contributed by atoms with van der Waals surface area (Å²) in [6.07, 6.45) is -0.792. The third-order valence-electron chi connectivity index (χ3n) is 1.67. The van der Waals surface area contributed by atoms with Crippen molar-refractivity contribution in [1.82, 2.24) is 5.48 Å². The van der Waals surface area contributed by atoms with Crippen molar-refractivity contribution in [3.05, 3.63) is 0 Å². The second kappa shape index (κ2) is 5.92. The summed E-state index contributed by atoms with van der Waals surface area (Å²) in [6, 6.07) is 0. The molecule has 1 unspecified atom stereocenters. The molecule has 0 aromatic carbocycles. The SMILES string of the molecule is CC(C)C(CN)ONC(=O)OC(C)(C)C. The van der Waals surface area contributed by atoms with Gasteiger partial charge in [-0.3, -0.25) is 4.84 Å². The number of hydroxylamine groups is 1. The lowest BCUT2D eigenvalue weighted by molar-refractivity contribution is -0.0539. The number of nitrogens with one attached hydrogen (secondary N) is 1. The number of ether oxygens (including phenoxy) is 1. The van der Waals surface area contributed by atoms with E-state index >= 15 is 0 Å².